The SMILES string of the molecule is O=C(NC1CCCC(C(F)(F)F)C1)c1cccc([N+](=O)[O-])c1. The second kappa shape index (κ2) is 6.33. The van der Waals surface area contributed by atoms with Gasteiger partial charge in [0.25, 0.3) is 11.6 Å². The molecule has 8 heteroatoms. The maximum Gasteiger partial charge on any atom is 0.391 e. The van der Waals surface area contributed by atoms with Crippen LogP contribution in [0.4, 0.5) is 18.9 Å². The zero-order chi connectivity index (χ0) is 16.3. The Balaban J connectivity index is 2.02. The number of benzene rings is 1. The summed E-state index contributed by atoms with van der Waals surface area (Å²) < 4.78 is 38.2. The van der Waals surface area contributed by atoms with Gasteiger partial charge in [0.15, 0.2) is 0 Å². The van der Waals surface area contributed by atoms with Gasteiger partial charge >= 0.3 is 6.18 Å². The second-order valence-corrected chi connectivity index (χ2v) is 5.38. The molecule has 1 N–H and O–H groups in total. The standard InChI is InChI=1S/C14H15F3N2O3/c15-14(16,17)10-4-2-5-11(8-10)18-13(20)9-3-1-6-12(7-9)19(21)22/h1,3,6-7,10-11H,2,4-5,8H2,(H,18,20). The zero-order valence-corrected chi connectivity index (χ0v) is 11.6. The summed E-state index contributed by atoms with van der Waals surface area (Å²) in [6.45, 7) is 0. The molecule has 0 heterocycles. The minimum atomic E-state index is -4.26. The van der Waals surface area contributed by atoms with E-state index in [0.717, 1.165) is 6.07 Å². The minimum absolute atomic E-state index is 0.0725. The fourth-order valence-electron chi connectivity index (χ4n) is 2.65. The highest BCUT2D eigenvalue weighted by atomic mass is 19.4. The van der Waals surface area contributed by atoms with Crippen molar-refractivity contribution in [3.05, 3.63) is 39.9 Å². The smallest absolute Gasteiger partial charge is 0.349 e. The fraction of sp³-hybridized carbons (Fsp3) is 0.500. The Morgan fingerprint density at radius 2 is 2.05 bits per heavy atom. The maximum absolute atomic E-state index is 12.7. The highest BCUT2D eigenvalue weighted by Crippen LogP contribution is 2.37. The van der Waals surface area contributed by atoms with Gasteiger partial charge in [-0.1, -0.05) is 12.5 Å². The molecule has 1 aliphatic carbocycles. The summed E-state index contributed by atoms with van der Waals surface area (Å²) in [5.41, 5.74) is -0.159. The number of amides is 1. The second-order valence-electron chi connectivity index (χ2n) is 5.38. The van der Waals surface area contributed by atoms with Crippen LogP contribution in [0.3, 0.4) is 0 Å². The number of non-ortho nitro benzene ring substituents is 1. The Morgan fingerprint density at radius 3 is 2.68 bits per heavy atom. The molecule has 1 amide bonds. The number of nitrogens with zero attached hydrogens (tertiary/aromatic N) is 1. The molecule has 120 valence electrons. The normalized spacial score (nSPS) is 22.1. The number of rotatable bonds is 3. The van der Waals surface area contributed by atoms with E-state index in [2.05, 4.69) is 5.32 Å². The van der Waals surface area contributed by atoms with Crippen LogP contribution in [0.25, 0.3) is 0 Å². The molecular formula is C14H15F3N2O3. The first kappa shape index (κ1) is 16.3. The molecule has 2 unspecified atom stereocenters. The van der Waals surface area contributed by atoms with Crippen molar-refractivity contribution >= 4 is 11.6 Å². The molecule has 2 atom stereocenters. The van der Waals surface area contributed by atoms with E-state index < -0.39 is 29.0 Å². The van der Waals surface area contributed by atoms with Crippen LogP contribution in [0, 0.1) is 16.0 Å². The monoisotopic (exact) mass is 316 g/mol. The highest BCUT2D eigenvalue weighted by molar-refractivity contribution is 5.95. The number of nitro groups is 1. The van der Waals surface area contributed by atoms with Crippen LogP contribution in [0.15, 0.2) is 24.3 Å². The number of hydrogen-bond donors (Lipinski definition) is 1. The largest absolute Gasteiger partial charge is 0.391 e. The van der Waals surface area contributed by atoms with Gasteiger partial charge in [-0.3, -0.25) is 14.9 Å². The first-order valence-electron chi connectivity index (χ1n) is 6.89. The van der Waals surface area contributed by atoms with E-state index in [1.807, 2.05) is 0 Å². The van der Waals surface area contributed by atoms with E-state index in [4.69, 9.17) is 0 Å². The molecule has 2 rings (SSSR count). The number of nitro benzene ring substituents is 1. The summed E-state index contributed by atoms with van der Waals surface area (Å²) >= 11 is 0. The lowest BCUT2D eigenvalue weighted by molar-refractivity contribution is -0.384. The lowest BCUT2D eigenvalue weighted by atomic mass is 9.85. The van der Waals surface area contributed by atoms with Gasteiger partial charge in [0.05, 0.1) is 10.8 Å². The van der Waals surface area contributed by atoms with Crippen LogP contribution in [0.1, 0.15) is 36.0 Å². The third-order valence-corrected chi connectivity index (χ3v) is 3.79. The molecule has 0 aromatic heterocycles. The molecule has 0 radical (unpaired) electrons. The zero-order valence-electron chi connectivity index (χ0n) is 11.6. The van der Waals surface area contributed by atoms with E-state index in [1.54, 1.807) is 0 Å². The van der Waals surface area contributed by atoms with Gasteiger partial charge in [-0.05, 0) is 25.3 Å². The van der Waals surface area contributed by atoms with Crippen molar-refractivity contribution in [2.75, 3.05) is 0 Å². The van der Waals surface area contributed by atoms with E-state index in [0.29, 0.717) is 12.8 Å². The number of halogens is 3. The molecule has 0 spiro atoms. The fourth-order valence-corrected chi connectivity index (χ4v) is 2.65. The molecule has 0 bridgehead atoms. The Bertz CT molecular complexity index is 575. The van der Waals surface area contributed by atoms with Crippen LogP contribution in [0.5, 0.6) is 0 Å². The predicted octanol–water partition coefficient (Wildman–Crippen LogP) is 3.45. The average Bonchev–Trinajstić information content (AvgIpc) is 2.46. The van der Waals surface area contributed by atoms with Crippen LogP contribution in [-0.2, 0) is 0 Å². The van der Waals surface area contributed by atoms with Crippen LogP contribution in [-0.4, -0.2) is 23.0 Å². The molecule has 1 aromatic rings. The maximum atomic E-state index is 12.7. The number of carbonyl (C=O) groups excluding carboxylic acids is 1. The molecule has 1 aliphatic rings. The molecule has 0 saturated heterocycles. The minimum Gasteiger partial charge on any atom is -0.349 e. The van der Waals surface area contributed by atoms with Crippen LogP contribution < -0.4 is 5.32 Å². The van der Waals surface area contributed by atoms with E-state index in [9.17, 15) is 28.1 Å². The summed E-state index contributed by atoms with van der Waals surface area (Å²) in [7, 11) is 0. The van der Waals surface area contributed by atoms with Crippen molar-refractivity contribution in [2.24, 2.45) is 5.92 Å². The summed E-state index contributed by atoms with van der Waals surface area (Å²) in [6, 6.07) is 4.56. The van der Waals surface area contributed by atoms with E-state index >= 15 is 0 Å². The van der Waals surface area contributed by atoms with Gasteiger partial charge in [0.1, 0.15) is 0 Å². The van der Waals surface area contributed by atoms with Crippen molar-refractivity contribution in [3.8, 4) is 0 Å². The summed E-state index contributed by atoms with van der Waals surface area (Å²) in [6.07, 6.45) is -3.46. The molecular weight excluding hydrogens is 301 g/mol. The highest BCUT2D eigenvalue weighted by Gasteiger charge is 2.42. The topological polar surface area (TPSA) is 72.2 Å². The summed E-state index contributed by atoms with van der Waals surface area (Å²) in [4.78, 5) is 22.1. The van der Waals surface area contributed by atoms with Gasteiger partial charge in [-0.15, -0.1) is 0 Å². The quantitative estimate of drug-likeness (QED) is 0.686. The van der Waals surface area contributed by atoms with E-state index in [1.165, 1.54) is 18.2 Å². The molecule has 22 heavy (non-hydrogen) atoms. The van der Waals surface area contributed by atoms with Crippen LogP contribution in [0.2, 0.25) is 0 Å². The molecule has 1 fully saturated rings. The summed E-state index contributed by atoms with van der Waals surface area (Å²) in [5, 5.41) is 13.2. The molecule has 0 aliphatic heterocycles. The van der Waals surface area contributed by atoms with Gasteiger partial charge < -0.3 is 5.32 Å². The first-order valence-corrected chi connectivity index (χ1v) is 6.89. The average molecular weight is 316 g/mol. The van der Waals surface area contributed by atoms with Crippen molar-refractivity contribution in [1.82, 2.24) is 5.32 Å². The van der Waals surface area contributed by atoms with Crippen molar-refractivity contribution < 1.29 is 22.9 Å². The predicted molar refractivity (Wildman–Crippen MR) is 72.4 cm³/mol. The first-order chi connectivity index (χ1) is 10.3. The Kier molecular flexibility index (Phi) is 4.68. The third kappa shape index (κ3) is 3.96. The lowest BCUT2D eigenvalue weighted by Crippen LogP contribution is -2.41. The Labute approximate surface area is 124 Å². The number of hydrogen-bond acceptors (Lipinski definition) is 3. The molecule has 5 nitrogen and oxygen atoms in total. The van der Waals surface area contributed by atoms with Gasteiger partial charge in [-0.2, -0.15) is 13.2 Å². The summed E-state index contributed by atoms with van der Waals surface area (Å²) in [5.74, 6) is -1.99. The number of alkyl halides is 3. The van der Waals surface area contributed by atoms with Crippen molar-refractivity contribution in [3.63, 3.8) is 0 Å². The van der Waals surface area contributed by atoms with Gasteiger partial charge in [0, 0.05) is 23.7 Å². The molecule has 1 saturated carbocycles. The third-order valence-electron chi connectivity index (χ3n) is 3.79. The van der Waals surface area contributed by atoms with Gasteiger partial charge in [0.2, 0.25) is 0 Å². The number of carbonyl (C=O) groups is 1. The Morgan fingerprint density at radius 1 is 1.32 bits per heavy atom. The van der Waals surface area contributed by atoms with E-state index in [-0.39, 0.29) is 24.1 Å². The van der Waals surface area contributed by atoms with Crippen molar-refractivity contribution in [1.29, 1.82) is 0 Å². The lowest BCUT2D eigenvalue weighted by Gasteiger charge is -2.31. The Hall–Kier alpha value is -2.12. The van der Waals surface area contributed by atoms with Crippen LogP contribution >= 0.6 is 0 Å². The molecule has 1 aromatic carbocycles. The number of nitrogens with one attached hydrogen (secondary N) is 1. The van der Waals surface area contributed by atoms with Gasteiger partial charge in [-0.25, -0.2) is 0 Å². The van der Waals surface area contributed by atoms with Crippen molar-refractivity contribution in [2.45, 2.75) is 37.9 Å².